The predicted octanol–water partition coefficient (Wildman–Crippen LogP) is 2.98. The van der Waals surface area contributed by atoms with Crippen LogP contribution in [0.2, 0.25) is 0 Å². The highest BCUT2D eigenvalue weighted by atomic mass is 16.3. The lowest BCUT2D eigenvalue weighted by molar-refractivity contribution is 0.199. The number of aliphatic hydroxyl groups excluding tert-OH is 1. The van der Waals surface area contributed by atoms with Crippen molar-refractivity contribution in [2.45, 2.75) is 32.8 Å². The van der Waals surface area contributed by atoms with Crippen LogP contribution >= 0.6 is 0 Å². The highest BCUT2D eigenvalue weighted by Crippen LogP contribution is 2.24. The molecular formula is C14H21NO. The first-order valence-electron chi connectivity index (χ1n) is 6.20. The Balaban J connectivity index is 2.09. The fraction of sp³-hybridized carbons (Fsp3) is 0.571. The molecule has 0 radical (unpaired) electrons. The van der Waals surface area contributed by atoms with Gasteiger partial charge < -0.3 is 10.0 Å². The van der Waals surface area contributed by atoms with E-state index in [0.717, 1.165) is 18.0 Å². The van der Waals surface area contributed by atoms with E-state index in [2.05, 4.69) is 24.0 Å². The minimum absolute atomic E-state index is 0.366. The number of piperidine rings is 1. The third kappa shape index (κ3) is 2.56. The topological polar surface area (TPSA) is 23.5 Å². The summed E-state index contributed by atoms with van der Waals surface area (Å²) >= 11 is 0. The molecule has 0 bridgehead atoms. The molecule has 1 N–H and O–H groups in total. The van der Waals surface area contributed by atoms with Gasteiger partial charge in [0.05, 0.1) is 6.10 Å². The van der Waals surface area contributed by atoms with E-state index >= 15 is 0 Å². The van der Waals surface area contributed by atoms with Crippen molar-refractivity contribution in [2.24, 2.45) is 5.92 Å². The van der Waals surface area contributed by atoms with E-state index in [1.165, 1.54) is 25.1 Å². The van der Waals surface area contributed by atoms with E-state index in [9.17, 15) is 5.11 Å². The minimum atomic E-state index is -0.366. The predicted molar refractivity (Wildman–Crippen MR) is 67.7 cm³/mol. The Morgan fingerprint density at radius 3 is 2.56 bits per heavy atom. The molecule has 2 rings (SSSR count). The first-order valence-corrected chi connectivity index (χ1v) is 6.20. The maximum Gasteiger partial charge on any atom is 0.0761 e. The van der Waals surface area contributed by atoms with Gasteiger partial charge in [-0.05, 0) is 43.4 Å². The van der Waals surface area contributed by atoms with Crippen molar-refractivity contribution >= 4 is 5.69 Å². The van der Waals surface area contributed by atoms with E-state index in [0.29, 0.717) is 0 Å². The molecule has 1 heterocycles. The fourth-order valence-corrected chi connectivity index (χ4v) is 2.39. The van der Waals surface area contributed by atoms with Gasteiger partial charge in [0.15, 0.2) is 0 Å². The number of anilines is 1. The van der Waals surface area contributed by atoms with Crippen molar-refractivity contribution in [1.29, 1.82) is 0 Å². The summed E-state index contributed by atoms with van der Waals surface area (Å²) in [5, 5.41) is 9.45. The van der Waals surface area contributed by atoms with Crippen molar-refractivity contribution in [3.05, 3.63) is 29.8 Å². The van der Waals surface area contributed by atoms with E-state index < -0.39 is 0 Å². The van der Waals surface area contributed by atoms with Crippen LogP contribution in [-0.4, -0.2) is 18.2 Å². The Morgan fingerprint density at radius 1 is 1.31 bits per heavy atom. The average Bonchev–Trinajstić information content (AvgIpc) is 2.29. The molecule has 0 aliphatic carbocycles. The van der Waals surface area contributed by atoms with Crippen molar-refractivity contribution in [3.8, 4) is 0 Å². The second-order valence-electron chi connectivity index (χ2n) is 4.96. The first-order chi connectivity index (χ1) is 7.66. The molecule has 1 fully saturated rings. The van der Waals surface area contributed by atoms with Gasteiger partial charge in [-0.3, -0.25) is 0 Å². The first kappa shape index (κ1) is 11.5. The van der Waals surface area contributed by atoms with Crippen LogP contribution in [0.4, 0.5) is 5.69 Å². The summed E-state index contributed by atoms with van der Waals surface area (Å²) in [5.41, 5.74) is 2.28. The Bertz CT molecular complexity index is 331. The molecule has 1 aromatic carbocycles. The monoisotopic (exact) mass is 219 g/mol. The second-order valence-corrected chi connectivity index (χ2v) is 4.96. The molecule has 0 spiro atoms. The van der Waals surface area contributed by atoms with Crippen LogP contribution in [0.25, 0.3) is 0 Å². The van der Waals surface area contributed by atoms with E-state index in [1.54, 1.807) is 6.92 Å². The number of hydrogen-bond acceptors (Lipinski definition) is 2. The minimum Gasteiger partial charge on any atom is -0.389 e. The number of benzene rings is 1. The van der Waals surface area contributed by atoms with E-state index in [4.69, 9.17) is 0 Å². The van der Waals surface area contributed by atoms with Crippen LogP contribution in [0.15, 0.2) is 24.3 Å². The van der Waals surface area contributed by atoms with E-state index in [1.807, 2.05) is 12.1 Å². The highest BCUT2D eigenvalue weighted by Gasteiger charge is 2.16. The lowest BCUT2D eigenvalue weighted by Gasteiger charge is -2.32. The Hall–Kier alpha value is -1.02. The molecule has 0 saturated carbocycles. The number of hydrogen-bond donors (Lipinski definition) is 1. The van der Waals surface area contributed by atoms with Gasteiger partial charge >= 0.3 is 0 Å². The lowest BCUT2D eigenvalue weighted by Crippen LogP contribution is -2.34. The molecule has 88 valence electrons. The largest absolute Gasteiger partial charge is 0.389 e. The highest BCUT2D eigenvalue weighted by molar-refractivity contribution is 5.48. The van der Waals surface area contributed by atoms with Crippen molar-refractivity contribution in [3.63, 3.8) is 0 Å². The summed E-state index contributed by atoms with van der Waals surface area (Å²) in [5.74, 6) is 0.796. The van der Waals surface area contributed by atoms with Crippen LogP contribution < -0.4 is 4.90 Å². The summed E-state index contributed by atoms with van der Waals surface area (Å²) < 4.78 is 0. The average molecular weight is 219 g/mol. The van der Waals surface area contributed by atoms with Gasteiger partial charge in [0.2, 0.25) is 0 Å². The SMILES string of the molecule is CC1CCCN(c2ccc(C(C)O)cc2)C1. The second kappa shape index (κ2) is 4.88. The van der Waals surface area contributed by atoms with Crippen LogP contribution in [0.3, 0.4) is 0 Å². The molecule has 1 aliphatic heterocycles. The Kier molecular flexibility index (Phi) is 3.49. The molecule has 0 aromatic heterocycles. The maximum absolute atomic E-state index is 9.45. The fourth-order valence-electron chi connectivity index (χ4n) is 2.39. The molecule has 16 heavy (non-hydrogen) atoms. The van der Waals surface area contributed by atoms with Gasteiger partial charge in [0, 0.05) is 18.8 Å². The summed E-state index contributed by atoms with van der Waals surface area (Å²) in [6.45, 7) is 6.45. The lowest BCUT2D eigenvalue weighted by atomic mass is 9.99. The van der Waals surface area contributed by atoms with Crippen LogP contribution in [0.1, 0.15) is 38.4 Å². The Labute approximate surface area is 97.9 Å². The molecule has 1 aliphatic rings. The normalized spacial score (nSPS) is 23.2. The molecule has 2 heteroatoms. The number of rotatable bonds is 2. The molecule has 1 aromatic rings. The summed E-state index contributed by atoms with van der Waals surface area (Å²) in [6, 6.07) is 8.30. The van der Waals surface area contributed by atoms with Gasteiger partial charge in [-0.25, -0.2) is 0 Å². The Morgan fingerprint density at radius 2 is 2.00 bits per heavy atom. The molecule has 0 amide bonds. The third-order valence-electron chi connectivity index (χ3n) is 3.40. The van der Waals surface area contributed by atoms with Gasteiger partial charge in [0.25, 0.3) is 0 Å². The molecule has 2 unspecified atom stereocenters. The van der Waals surface area contributed by atoms with Crippen LogP contribution in [0, 0.1) is 5.92 Å². The molecule has 2 atom stereocenters. The van der Waals surface area contributed by atoms with Gasteiger partial charge in [-0.1, -0.05) is 19.1 Å². The maximum atomic E-state index is 9.45. The number of nitrogens with zero attached hydrogens (tertiary/aromatic N) is 1. The van der Waals surface area contributed by atoms with Gasteiger partial charge in [-0.2, -0.15) is 0 Å². The van der Waals surface area contributed by atoms with Crippen molar-refractivity contribution in [1.82, 2.24) is 0 Å². The zero-order chi connectivity index (χ0) is 11.5. The molecule has 2 nitrogen and oxygen atoms in total. The zero-order valence-corrected chi connectivity index (χ0v) is 10.2. The van der Waals surface area contributed by atoms with Crippen molar-refractivity contribution in [2.75, 3.05) is 18.0 Å². The molecular weight excluding hydrogens is 198 g/mol. The van der Waals surface area contributed by atoms with Crippen LogP contribution in [-0.2, 0) is 0 Å². The van der Waals surface area contributed by atoms with Crippen molar-refractivity contribution < 1.29 is 5.11 Å². The zero-order valence-electron chi connectivity index (χ0n) is 10.2. The summed E-state index contributed by atoms with van der Waals surface area (Å²) in [6.07, 6.45) is 2.27. The van der Waals surface area contributed by atoms with Gasteiger partial charge in [0.1, 0.15) is 0 Å². The third-order valence-corrected chi connectivity index (χ3v) is 3.40. The smallest absolute Gasteiger partial charge is 0.0761 e. The molecule has 1 saturated heterocycles. The number of aliphatic hydroxyl groups is 1. The van der Waals surface area contributed by atoms with Crippen LogP contribution in [0.5, 0.6) is 0 Å². The van der Waals surface area contributed by atoms with Gasteiger partial charge in [-0.15, -0.1) is 0 Å². The standard InChI is InChI=1S/C14H21NO/c1-11-4-3-9-15(10-11)14-7-5-13(6-8-14)12(2)16/h5-8,11-12,16H,3-4,9-10H2,1-2H3. The summed E-state index contributed by atoms with van der Waals surface area (Å²) in [7, 11) is 0. The summed E-state index contributed by atoms with van der Waals surface area (Å²) in [4.78, 5) is 2.44. The quantitative estimate of drug-likeness (QED) is 0.826. The van der Waals surface area contributed by atoms with E-state index in [-0.39, 0.29) is 6.10 Å².